The molecule has 0 saturated carbocycles. The summed E-state index contributed by atoms with van der Waals surface area (Å²) in [5.74, 6) is -3.37. The van der Waals surface area contributed by atoms with E-state index in [0.717, 1.165) is 37.1 Å². The Labute approximate surface area is 260 Å². The van der Waals surface area contributed by atoms with Crippen LogP contribution in [0.15, 0.2) is 60.7 Å². The maximum absolute atomic E-state index is 12.9. The molecule has 0 bridgehead atoms. The maximum Gasteiger partial charge on any atom is 4.00 e. The van der Waals surface area contributed by atoms with Gasteiger partial charge in [-0.3, -0.25) is 12.2 Å². The molecule has 2 aromatic rings. The summed E-state index contributed by atoms with van der Waals surface area (Å²) >= 11 is 10.5. The number of carbonyl (C=O) groups is 2. The van der Waals surface area contributed by atoms with E-state index in [0.29, 0.717) is 0 Å². The normalized spacial score (nSPS) is 11.5. The van der Waals surface area contributed by atoms with Gasteiger partial charge in [0.2, 0.25) is 0 Å². The Morgan fingerprint density at radius 2 is 1.12 bits per heavy atom. The smallest absolute Gasteiger partial charge is 0.449 e. The quantitative estimate of drug-likeness (QED) is 0.146. The van der Waals surface area contributed by atoms with Gasteiger partial charge in [-0.25, -0.2) is 51.5 Å². The molecule has 2 aliphatic carbocycles. The van der Waals surface area contributed by atoms with Crippen LogP contribution in [0.25, 0.3) is 0 Å². The number of rotatable bonds is 6. The maximum atomic E-state index is 12.9. The van der Waals surface area contributed by atoms with Gasteiger partial charge >= 0.3 is 33.9 Å². The Kier molecular flexibility index (Phi) is 21.9. The summed E-state index contributed by atoms with van der Waals surface area (Å²) in [7, 11) is 0. The van der Waals surface area contributed by atoms with Crippen LogP contribution in [0.3, 0.4) is 0 Å². The van der Waals surface area contributed by atoms with E-state index in [1.165, 1.54) is 0 Å². The monoisotopic (exact) mass is 646 g/mol. The summed E-state index contributed by atoms with van der Waals surface area (Å²) < 4.78 is 59.8. The van der Waals surface area contributed by atoms with Gasteiger partial charge in [0.25, 0.3) is 0 Å². The van der Waals surface area contributed by atoms with Crippen LogP contribution in [0, 0.1) is 47.6 Å². The van der Waals surface area contributed by atoms with E-state index < -0.39 is 35.5 Å². The summed E-state index contributed by atoms with van der Waals surface area (Å²) in [5.41, 5.74) is -0.396. The van der Waals surface area contributed by atoms with Gasteiger partial charge < -0.3 is 20.1 Å². The molecule has 0 aliphatic heterocycles. The summed E-state index contributed by atoms with van der Waals surface area (Å²) in [5, 5.41) is 4.16. The van der Waals surface area contributed by atoms with Gasteiger partial charge in [-0.15, -0.1) is 72.4 Å². The van der Waals surface area contributed by atoms with Gasteiger partial charge in [0.05, 0.1) is 11.8 Å². The fraction of sp³-hybridized carbons (Fsp3) is 0.214. The van der Waals surface area contributed by atoms with Crippen LogP contribution in [-0.2, 0) is 31.2 Å². The first-order valence-electron chi connectivity index (χ1n) is 11.4. The van der Waals surface area contributed by atoms with E-state index in [4.69, 9.17) is 23.2 Å². The van der Waals surface area contributed by atoms with Gasteiger partial charge in [-0.05, 0) is 11.4 Å². The number of carbonyl (C=O) groups excluding carboxylic acids is 2. The van der Waals surface area contributed by atoms with Crippen LogP contribution in [-0.4, -0.2) is 37.2 Å². The standard InChI is InChI=1S/2C9H7ClF2NO2.2C5H5.Ti/c2*10-3-4-15-9(14)13-8-2-1-6(11)5-7(8)12;2*1-2-4-5-3-1;/h2*1-2H,3-4H2,(H,13,14);2*1-3H,4H2;/q4*-1;+4. The van der Waals surface area contributed by atoms with Gasteiger partial charge in [0.15, 0.2) is 0 Å². The van der Waals surface area contributed by atoms with Crippen molar-refractivity contribution < 1.29 is 58.3 Å². The van der Waals surface area contributed by atoms with Crippen molar-refractivity contribution in [2.45, 2.75) is 12.8 Å². The molecule has 0 unspecified atom stereocenters. The number of nitrogens with one attached hydrogen (secondary N) is 2. The minimum atomic E-state index is -0.988. The molecule has 2 aliphatic rings. The van der Waals surface area contributed by atoms with E-state index in [9.17, 15) is 27.2 Å². The summed E-state index contributed by atoms with van der Waals surface area (Å²) in [4.78, 5) is 21.9. The Hall–Kier alpha value is -3.05. The van der Waals surface area contributed by atoms with Crippen molar-refractivity contribution in [3.8, 4) is 0 Å². The minimum Gasteiger partial charge on any atom is -0.449 e. The molecule has 2 aromatic carbocycles. The zero-order valence-electron chi connectivity index (χ0n) is 21.4. The summed E-state index contributed by atoms with van der Waals surface area (Å²) in [6.45, 7) is 0.0276. The van der Waals surface area contributed by atoms with Crippen molar-refractivity contribution in [2.24, 2.45) is 0 Å². The first-order chi connectivity index (χ1) is 19.3. The van der Waals surface area contributed by atoms with Crippen LogP contribution in [0.2, 0.25) is 0 Å². The molecule has 0 aromatic heterocycles. The zero-order chi connectivity index (χ0) is 29.6. The molecule has 2 amide bonds. The SMILES string of the molecule is O=C(Nc1ccc(F)[c-]c1F)OCCCl.O=C(Nc1ccc(F)[c-]c1F)OCCCl.[C-]1=CC=CC1.[C-]1=CC=CC1.[Ti+4]. The third-order valence-electron chi connectivity index (χ3n) is 3.99. The van der Waals surface area contributed by atoms with Gasteiger partial charge in [-0.1, -0.05) is 0 Å². The molecule has 0 fully saturated rings. The van der Waals surface area contributed by atoms with Crippen LogP contribution in [0.5, 0.6) is 0 Å². The van der Waals surface area contributed by atoms with Crippen molar-refractivity contribution in [1.82, 2.24) is 0 Å². The van der Waals surface area contributed by atoms with Crippen LogP contribution in [0.1, 0.15) is 12.8 Å². The minimum absolute atomic E-state index is 0. The predicted octanol–water partition coefficient (Wildman–Crippen LogP) is 7.71. The van der Waals surface area contributed by atoms with Crippen LogP contribution >= 0.6 is 23.2 Å². The Bertz CT molecular complexity index is 1090. The number of amides is 2. The third kappa shape index (κ3) is 18.8. The molecule has 0 heterocycles. The molecule has 216 valence electrons. The second-order valence-corrected chi connectivity index (χ2v) is 7.73. The number of halogens is 6. The van der Waals surface area contributed by atoms with Crippen LogP contribution < -0.4 is 10.6 Å². The number of ether oxygens (including phenoxy) is 2. The molecule has 6 nitrogen and oxygen atoms in total. The Balaban J connectivity index is 0.000000573. The van der Waals surface area contributed by atoms with Crippen molar-refractivity contribution in [2.75, 3.05) is 35.6 Å². The fourth-order valence-electron chi connectivity index (χ4n) is 2.32. The largest absolute Gasteiger partial charge is 4.00 e. The number of anilines is 2. The van der Waals surface area contributed by atoms with Crippen molar-refractivity contribution in [3.05, 3.63) is 108 Å². The van der Waals surface area contributed by atoms with Crippen molar-refractivity contribution >= 4 is 46.8 Å². The molecule has 13 heteroatoms. The second-order valence-electron chi connectivity index (χ2n) is 6.97. The Morgan fingerprint density at radius 1 is 0.732 bits per heavy atom. The van der Waals surface area contributed by atoms with Crippen molar-refractivity contribution in [1.29, 1.82) is 0 Å². The zero-order valence-corrected chi connectivity index (χ0v) is 24.5. The van der Waals surface area contributed by atoms with E-state index in [2.05, 4.69) is 44.4 Å². The van der Waals surface area contributed by atoms with Gasteiger partial charge in [-0.2, -0.15) is 12.2 Å². The molecular weight excluding hydrogens is 623 g/mol. The number of benzene rings is 2. The predicted molar refractivity (Wildman–Crippen MR) is 145 cm³/mol. The molecule has 0 spiro atoms. The van der Waals surface area contributed by atoms with E-state index in [-0.39, 0.29) is 58.1 Å². The summed E-state index contributed by atoms with van der Waals surface area (Å²) in [6.07, 6.45) is 18.3. The Morgan fingerprint density at radius 3 is 1.37 bits per heavy atom. The fourth-order valence-corrected chi connectivity index (χ4v) is 2.47. The summed E-state index contributed by atoms with van der Waals surface area (Å²) in [6, 6.07) is 7.63. The number of hydrogen-bond acceptors (Lipinski definition) is 4. The molecule has 41 heavy (non-hydrogen) atoms. The second kappa shape index (κ2) is 23.6. The number of allylic oxidation sites excluding steroid dienone is 8. The average molecular weight is 647 g/mol. The topological polar surface area (TPSA) is 76.7 Å². The van der Waals surface area contributed by atoms with E-state index in [1.54, 1.807) is 12.1 Å². The molecule has 0 radical (unpaired) electrons. The first kappa shape index (κ1) is 38.0. The number of alkyl halides is 2. The first-order valence-corrected chi connectivity index (χ1v) is 12.5. The molecular formula is C28H24Cl2F4N2O4Ti. The van der Waals surface area contributed by atoms with Crippen LogP contribution in [0.4, 0.5) is 38.5 Å². The average Bonchev–Trinajstić information content (AvgIpc) is 3.70. The molecule has 4 rings (SSSR count). The molecule has 0 atom stereocenters. The van der Waals surface area contributed by atoms with E-state index in [1.807, 2.05) is 24.3 Å². The molecule has 0 saturated heterocycles. The van der Waals surface area contributed by atoms with Gasteiger partial charge in [0, 0.05) is 23.3 Å². The molecule has 2 N–H and O–H groups in total. The van der Waals surface area contributed by atoms with Gasteiger partial charge in [0.1, 0.15) is 13.2 Å². The third-order valence-corrected chi connectivity index (χ3v) is 4.30. The van der Waals surface area contributed by atoms with Crippen molar-refractivity contribution in [3.63, 3.8) is 0 Å². The van der Waals surface area contributed by atoms with E-state index >= 15 is 0 Å². The number of hydrogen-bond donors (Lipinski definition) is 2.